The van der Waals surface area contributed by atoms with Gasteiger partial charge in [0.25, 0.3) is 0 Å². The van der Waals surface area contributed by atoms with Crippen LogP contribution in [-0.2, 0) is 22.4 Å². The van der Waals surface area contributed by atoms with E-state index in [9.17, 15) is 4.79 Å². The van der Waals surface area contributed by atoms with E-state index in [1.165, 1.54) is 6.33 Å². The van der Waals surface area contributed by atoms with E-state index in [1.807, 2.05) is 19.2 Å². The van der Waals surface area contributed by atoms with Crippen LogP contribution in [0.4, 0.5) is 0 Å². The van der Waals surface area contributed by atoms with Crippen molar-refractivity contribution < 1.29 is 14.1 Å². The first-order chi connectivity index (χ1) is 13.6. The van der Waals surface area contributed by atoms with Crippen LogP contribution in [0.15, 0.2) is 22.4 Å². The van der Waals surface area contributed by atoms with Crippen LogP contribution >= 0.6 is 11.3 Å². The zero-order valence-corrected chi connectivity index (χ0v) is 16.5. The standard InChI is InChI=1S/C18H20N6O3S/c1-3-15-22-18(23-27-15)13-7-19-10-20-17(13)14-8-24(4-5-26-14)16(25)6-12-9-28-11(2)21-12/h7,9-10,14H,3-6,8H2,1-2H3/t14-/m1/s1. The predicted octanol–water partition coefficient (Wildman–Crippen LogP) is 2.00. The van der Waals surface area contributed by atoms with E-state index in [2.05, 4.69) is 25.1 Å². The maximum Gasteiger partial charge on any atom is 0.228 e. The molecule has 0 radical (unpaired) electrons. The number of morpholine rings is 1. The Labute approximate surface area is 165 Å². The lowest BCUT2D eigenvalue weighted by Crippen LogP contribution is -2.43. The molecule has 3 aromatic heterocycles. The van der Waals surface area contributed by atoms with E-state index in [4.69, 9.17) is 9.26 Å². The molecule has 0 unspecified atom stereocenters. The third kappa shape index (κ3) is 3.92. The van der Waals surface area contributed by atoms with Gasteiger partial charge in [-0.15, -0.1) is 11.3 Å². The number of aromatic nitrogens is 5. The number of amides is 1. The zero-order chi connectivity index (χ0) is 19.5. The quantitative estimate of drug-likeness (QED) is 0.640. The number of ether oxygens (including phenoxy) is 1. The minimum absolute atomic E-state index is 0.0297. The molecule has 4 rings (SSSR count). The molecule has 0 saturated carbocycles. The fraction of sp³-hybridized carbons (Fsp3) is 0.444. The Balaban J connectivity index is 1.52. The van der Waals surface area contributed by atoms with E-state index >= 15 is 0 Å². The van der Waals surface area contributed by atoms with Gasteiger partial charge in [0.05, 0.1) is 41.5 Å². The number of carbonyl (C=O) groups excluding carboxylic acids is 1. The number of hydrogen-bond acceptors (Lipinski definition) is 9. The van der Waals surface area contributed by atoms with E-state index in [1.54, 1.807) is 22.4 Å². The first-order valence-corrected chi connectivity index (χ1v) is 9.95. The molecule has 0 aliphatic carbocycles. The number of thiazole rings is 1. The van der Waals surface area contributed by atoms with Gasteiger partial charge in [-0.1, -0.05) is 12.1 Å². The summed E-state index contributed by atoms with van der Waals surface area (Å²) in [6.07, 6.45) is 3.67. The van der Waals surface area contributed by atoms with Crippen LogP contribution in [0.25, 0.3) is 11.4 Å². The Morgan fingerprint density at radius 3 is 3.04 bits per heavy atom. The number of aryl methyl sites for hydroxylation is 2. The highest BCUT2D eigenvalue weighted by atomic mass is 32.1. The Morgan fingerprint density at radius 2 is 2.29 bits per heavy atom. The van der Waals surface area contributed by atoms with Crippen LogP contribution in [0.2, 0.25) is 0 Å². The van der Waals surface area contributed by atoms with Gasteiger partial charge in [0, 0.05) is 24.5 Å². The Kier molecular flexibility index (Phi) is 5.40. The SMILES string of the molecule is CCc1nc(-c2cncnc2[C@H]2CN(C(=O)Cc3csc(C)n3)CCO2)no1. The summed E-state index contributed by atoms with van der Waals surface area (Å²) in [6, 6.07) is 0. The van der Waals surface area contributed by atoms with Gasteiger partial charge in [-0.25, -0.2) is 15.0 Å². The molecule has 1 atom stereocenters. The molecule has 1 saturated heterocycles. The van der Waals surface area contributed by atoms with Crippen molar-refractivity contribution in [2.75, 3.05) is 19.7 Å². The second-order valence-electron chi connectivity index (χ2n) is 6.42. The van der Waals surface area contributed by atoms with Gasteiger partial charge in [-0.05, 0) is 6.92 Å². The van der Waals surface area contributed by atoms with Crippen molar-refractivity contribution in [3.8, 4) is 11.4 Å². The molecule has 3 aromatic rings. The molecule has 9 nitrogen and oxygen atoms in total. The summed E-state index contributed by atoms with van der Waals surface area (Å²) in [6.45, 7) is 5.26. The molecule has 1 amide bonds. The van der Waals surface area contributed by atoms with Crippen molar-refractivity contribution >= 4 is 17.2 Å². The Hall–Kier alpha value is -2.72. The van der Waals surface area contributed by atoms with Gasteiger partial charge in [0.2, 0.25) is 17.6 Å². The highest BCUT2D eigenvalue weighted by molar-refractivity contribution is 7.09. The summed E-state index contributed by atoms with van der Waals surface area (Å²) in [5, 5.41) is 6.90. The minimum atomic E-state index is -0.378. The zero-order valence-electron chi connectivity index (χ0n) is 15.7. The summed E-state index contributed by atoms with van der Waals surface area (Å²) < 4.78 is 11.1. The fourth-order valence-electron chi connectivity index (χ4n) is 3.07. The van der Waals surface area contributed by atoms with Crippen molar-refractivity contribution in [2.24, 2.45) is 0 Å². The van der Waals surface area contributed by atoms with Gasteiger partial charge in [-0.2, -0.15) is 4.98 Å². The van der Waals surface area contributed by atoms with Crippen LogP contribution in [-0.4, -0.2) is 55.6 Å². The lowest BCUT2D eigenvalue weighted by molar-refractivity contribution is -0.138. The van der Waals surface area contributed by atoms with E-state index in [0.29, 0.717) is 55.5 Å². The van der Waals surface area contributed by atoms with E-state index in [0.717, 1.165) is 10.7 Å². The molecule has 0 N–H and O–H groups in total. The molecule has 10 heteroatoms. The van der Waals surface area contributed by atoms with Gasteiger partial charge in [0.1, 0.15) is 12.4 Å². The van der Waals surface area contributed by atoms with Crippen LogP contribution in [0.5, 0.6) is 0 Å². The number of nitrogens with zero attached hydrogens (tertiary/aromatic N) is 6. The summed E-state index contributed by atoms with van der Waals surface area (Å²) >= 11 is 1.55. The highest BCUT2D eigenvalue weighted by Gasteiger charge is 2.29. The molecule has 0 aromatic carbocycles. The third-order valence-corrected chi connectivity index (χ3v) is 5.30. The maximum absolute atomic E-state index is 12.7. The van der Waals surface area contributed by atoms with Gasteiger partial charge < -0.3 is 14.2 Å². The first-order valence-electron chi connectivity index (χ1n) is 9.07. The molecular weight excluding hydrogens is 380 g/mol. The van der Waals surface area contributed by atoms with Crippen molar-refractivity contribution in [2.45, 2.75) is 32.8 Å². The van der Waals surface area contributed by atoms with Crippen LogP contribution < -0.4 is 0 Å². The van der Waals surface area contributed by atoms with Crippen LogP contribution in [0.3, 0.4) is 0 Å². The van der Waals surface area contributed by atoms with E-state index < -0.39 is 0 Å². The number of rotatable bonds is 5. The maximum atomic E-state index is 12.7. The van der Waals surface area contributed by atoms with Crippen molar-refractivity contribution in [1.82, 2.24) is 30.0 Å². The van der Waals surface area contributed by atoms with Crippen LogP contribution in [0.1, 0.15) is 35.3 Å². The molecular formula is C18H20N6O3S. The Morgan fingerprint density at radius 1 is 1.39 bits per heavy atom. The topological polar surface area (TPSA) is 107 Å². The lowest BCUT2D eigenvalue weighted by atomic mass is 10.1. The van der Waals surface area contributed by atoms with Crippen molar-refractivity contribution in [3.63, 3.8) is 0 Å². The Bertz CT molecular complexity index is 972. The van der Waals surface area contributed by atoms with Gasteiger partial charge in [0.15, 0.2) is 0 Å². The molecule has 0 bridgehead atoms. The minimum Gasteiger partial charge on any atom is -0.368 e. The number of hydrogen-bond donors (Lipinski definition) is 0. The molecule has 146 valence electrons. The summed E-state index contributed by atoms with van der Waals surface area (Å²) in [4.78, 5) is 31.7. The van der Waals surface area contributed by atoms with E-state index in [-0.39, 0.29) is 12.0 Å². The molecule has 0 spiro atoms. The summed E-state index contributed by atoms with van der Waals surface area (Å²) in [7, 11) is 0. The average Bonchev–Trinajstić information content (AvgIpc) is 3.37. The van der Waals surface area contributed by atoms with Gasteiger partial charge >= 0.3 is 0 Å². The fourth-order valence-corrected chi connectivity index (χ4v) is 3.69. The van der Waals surface area contributed by atoms with Crippen molar-refractivity contribution in [3.05, 3.63) is 40.2 Å². The lowest BCUT2D eigenvalue weighted by Gasteiger charge is -2.33. The van der Waals surface area contributed by atoms with Gasteiger partial charge in [-0.3, -0.25) is 4.79 Å². The normalized spacial score (nSPS) is 17.1. The second-order valence-corrected chi connectivity index (χ2v) is 7.48. The number of carbonyl (C=O) groups is 1. The average molecular weight is 400 g/mol. The molecule has 1 fully saturated rings. The first kappa shape index (κ1) is 18.6. The summed E-state index contributed by atoms with van der Waals surface area (Å²) in [5.41, 5.74) is 2.11. The highest BCUT2D eigenvalue weighted by Crippen LogP contribution is 2.28. The monoisotopic (exact) mass is 400 g/mol. The third-order valence-electron chi connectivity index (χ3n) is 4.48. The largest absolute Gasteiger partial charge is 0.368 e. The van der Waals surface area contributed by atoms with Crippen molar-refractivity contribution in [1.29, 1.82) is 0 Å². The predicted molar refractivity (Wildman–Crippen MR) is 101 cm³/mol. The molecule has 28 heavy (non-hydrogen) atoms. The molecule has 1 aliphatic rings. The smallest absolute Gasteiger partial charge is 0.228 e. The second kappa shape index (κ2) is 8.11. The molecule has 1 aliphatic heterocycles. The summed E-state index contributed by atoms with van der Waals surface area (Å²) in [5.74, 6) is 1.00. The van der Waals surface area contributed by atoms with Crippen LogP contribution in [0, 0.1) is 6.92 Å². The molecule has 4 heterocycles.